The first-order valence-electron chi connectivity index (χ1n) is 10.9. The minimum absolute atomic E-state index is 0.0188. The lowest BCUT2D eigenvalue weighted by molar-refractivity contribution is -0.157. The van der Waals surface area contributed by atoms with Gasteiger partial charge in [-0.05, 0) is 74.8 Å². The van der Waals surface area contributed by atoms with Crippen LogP contribution in [-0.2, 0) is 4.79 Å². The van der Waals surface area contributed by atoms with Crippen LogP contribution in [0.3, 0.4) is 0 Å². The molecule has 4 bridgehead atoms. The molecule has 4 nitrogen and oxygen atoms in total. The van der Waals surface area contributed by atoms with Crippen LogP contribution in [0, 0.1) is 23.2 Å². The summed E-state index contributed by atoms with van der Waals surface area (Å²) in [5.74, 6) is 2.70. The van der Waals surface area contributed by atoms with Gasteiger partial charge in [0.15, 0.2) is 0 Å². The highest BCUT2D eigenvalue weighted by Crippen LogP contribution is 2.60. The summed E-state index contributed by atoms with van der Waals surface area (Å²) in [6.45, 7) is 2.71. The van der Waals surface area contributed by atoms with E-state index in [4.69, 9.17) is 11.6 Å². The maximum atomic E-state index is 13.6. The van der Waals surface area contributed by atoms with Gasteiger partial charge >= 0.3 is 0 Å². The summed E-state index contributed by atoms with van der Waals surface area (Å²) in [7, 11) is 0. The fraction of sp³-hybridized carbons (Fsp3) is 0.652. The molecule has 5 heteroatoms. The Morgan fingerprint density at radius 3 is 2.07 bits per heavy atom. The lowest BCUT2D eigenvalue weighted by Crippen LogP contribution is -2.55. The van der Waals surface area contributed by atoms with Gasteiger partial charge < -0.3 is 9.80 Å². The van der Waals surface area contributed by atoms with Gasteiger partial charge in [-0.15, -0.1) is 0 Å². The van der Waals surface area contributed by atoms with Gasteiger partial charge in [0.05, 0.1) is 16.0 Å². The van der Waals surface area contributed by atoms with Gasteiger partial charge in [0.1, 0.15) is 0 Å². The first-order chi connectivity index (χ1) is 13.5. The Kier molecular flexibility index (Phi) is 4.65. The molecule has 1 heterocycles. The highest BCUT2D eigenvalue weighted by molar-refractivity contribution is 6.33. The number of nitrogens with zero attached hydrogens (tertiary/aromatic N) is 2. The third kappa shape index (κ3) is 3.14. The quantitative estimate of drug-likeness (QED) is 0.745. The number of carbonyl (C=O) groups is 2. The summed E-state index contributed by atoms with van der Waals surface area (Å²) < 4.78 is 0. The fourth-order valence-electron chi connectivity index (χ4n) is 6.84. The van der Waals surface area contributed by atoms with E-state index in [9.17, 15) is 9.59 Å². The van der Waals surface area contributed by atoms with Crippen LogP contribution in [0.5, 0.6) is 0 Å². The van der Waals surface area contributed by atoms with Crippen LogP contribution in [0.25, 0.3) is 0 Å². The number of amides is 2. The second kappa shape index (κ2) is 7.05. The van der Waals surface area contributed by atoms with Crippen molar-refractivity contribution in [2.24, 2.45) is 23.2 Å². The second-order valence-corrected chi connectivity index (χ2v) is 10.0. The molecule has 1 aromatic carbocycles. The van der Waals surface area contributed by atoms with Gasteiger partial charge in [-0.2, -0.15) is 0 Å². The molecule has 1 aromatic rings. The van der Waals surface area contributed by atoms with E-state index in [1.54, 1.807) is 12.1 Å². The van der Waals surface area contributed by atoms with Crippen molar-refractivity contribution in [1.82, 2.24) is 9.80 Å². The van der Waals surface area contributed by atoms with Crippen LogP contribution in [0.2, 0.25) is 5.02 Å². The Morgan fingerprint density at radius 2 is 1.43 bits per heavy atom. The summed E-state index contributed by atoms with van der Waals surface area (Å²) in [4.78, 5) is 30.5. The molecular weight excluding hydrogens is 372 g/mol. The van der Waals surface area contributed by atoms with Crippen LogP contribution in [0.15, 0.2) is 24.3 Å². The van der Waals surface area contributed by atoms with Crippen molar-refractivity contribution in [1.29, 1.82) is 0 Å². The summed E-state index contributed by atoms with van der Waals surface area (Å²) in [5.41, 5.74) is 0.474. The smallest absolute Gasteiger partial charge is 0.255 e. The van der Waals surface area contributed by atoms with Gasteiger partial charge in [-0.25, -0.2) is 0 Å². The summed E-state index contributed by atoms with van der Waals surface area (Å²) >= 11 is 6.22. The van der Waals surface area contributed by atoms with Crippen molar-refractivity contribution < 1.29 is 9.59 Å². The van der Waals surface area contributed by atoms with Crippen molar-refractivity contribution in [3.8, 4) is 0 Å². The maximum absolute atomic E-state index is 13.6. The van der Waals surface area contributed by atoms with E-state index in [-0.39, 0.29) is 11.3 Å². The molecular formula is C23H29ClN2O2. The monoisotopic (exact) mass is 400 g/mol. The Labute approximate surface area is 172 Å². The molecule has 1 aliphatic heterocycles. The van der Waals surface area contributed by atoms with Crippen molar-refractivity contribution >= 4 is 23.4 Å². The Balaban J connectivity index is 1.28. The molecule has 2 amide bonds. The van der Waals surface area contributed by atoms with Crippen molar-refractivity contribution in [2.45, 2.75) is 44.9 Å². The lowest BCUT2D eigenvalue weighted by Gasteiger charge is -2.56. The molecule has 4 aliphatic carbocycles. The van der Waals surface area contributed by atoms with Gasteiger partial charge in [0.25, 0.3) is 5.91 Å². The first kappa shape index (κ1) is 18.5. The van der Waals surface area contributed by atoms with Crippen LogP contribution < -0.4 is 0 Å². The summed E-state index contributed by atoms with van der Waals surface area (Å²) in [6, 6.07) is 7.23. The average Bonchev–Trinajstić information content (AvgIpc) is 2.92. The minimum Gasteiger partial charge on any atom is -0.340 e. The highest BCUT2D eigenvalue weighted by Gasteiger charge is 2.55. The molecule has 0 unspecified atom stereocenters. The van der Waals surface area contributed by atoms with E-state index in [2.05, 4.69) is 4.90 Å². The van der Waals surface area contributed by atoms with Crippen molar-refractivity contribution in [2.75, 3.05) is 26.2 Å². The molecule has 0 aromatic heterocycles. The predicted molar refractivity (Wildman–Crippen MR) is 109 cm³/mol. The molecule has 1 saturated heterocycles. The van der Waals surface area contributed by atoms with E-state index < -0.39 is 0 Å². The van der Waals surface area contributed by atoms with Crippen LogP contribution in [0.1, 0.15) is 55.3 Å². The molecule has 0 radical (unpaired) electrons. The predicted octanol–water partition coefficient (Wildman–Crippen LogP) is 4.23. The van der Waals surface area contributed by atoms with E-state index >= 15 is 0 Å². The SMILES string of the molecule is O=C(c1ccccc1Cl)N1CCCN(C(=O)C23CC4CC(CC(C4)C2)C3)CC1. The zero-order valence-corrected chi connectivity index (χ0v) is 17.2. The minimum atomic E-state index is -0.0866. The van der Waals surface area contributed by atoms with Crippen LogP contribution >= 0.6 is 11.6 Å². The normalized spacial score (nSPS) is 34.4. The fourth-order valence-corrected chi connectivity index (χ4v) is 7.05. The van der Waals surface area contributed by atoms with Gasteiger partial charge in [0.2, 0.25) is 5.91 Å². The Morgan fingerprint density at radius 1 is 0.857 bits per heavy atom. The van der Waals surface area contributed by atoms with Crippen LogP contribution in [-0.4, -0.2) is 47.8 Å². The molecule has 5 fully saturated rings. The lowest BCUT2D eigenvalue weighted by atomic mass is 9.49. The van der Waals surface area contributed by atoms with E-state index in [1.807, 2.05) is 17.0 Å². The van der Waals surface area contributed by atoms with Crippen molar-refractivity contribution in [3.63, 3.8) is 0 Å². The van der Waals surface area contributed by atoms with Crippen LogP contribution in [0.4, 0.5) is 0 Å². The number of halogens is 1. The zero-order valence-electron chi connectivity index (χ0n) is 16.4. The topological polar surface area (TPSA) is 40.6 Å². The molecule has 150 valence electrons. The second-order valence-electron chi connectivity index (χ2n) is 9.62. The molecule has 0 N–H and O–H groups in total. The standard InChI is InChI=1S/C23H29ClN2O2/c24-20-5-2-1-4-19(20)21(27)25-6-3-7-26(9-8-25)22(28)23-13-16-10-17(14-23)12-18(11-16)15-23/h1-2,4-5,16-18H,3,6-15H2. The van der Waals surface area contributed by atoms with E-state index in [0.717, 1.165) is 50.0 Å². The van der Waals surface area contributed by atoms with E-state index in [0.29, 0.717) is 36.1 Å². The third-order valence-electron chi connectivity index (χ3n) is 7.67. The number of rotatable bonds is 2. The molecule has 28 heavy (non-hydrogen) atoms. The van der Waals surface area contributed by atoms with E-state index in [1.165, 1.54) is 19.3 Å². The molecule has 0 spiro atoms. The summed E-state index contributed by atoms with van der Waals surface area (Å²) in [5, 5.41) is 0.498. The molecule has 4 saturated carbocycles. The summed E-state index contributed by atoms with van der Waals surface area (Å²) in [6.07, 6.45) is 8.23. The Hall–Kier alpha value is -1.55. The van der Waals surface area contributed by atoms with Gasteiger partial charge in [-0.1, -0.05) is 23.7 Å². The number of hydrogen-bond donors (Lipinski definition) is 0. The number of hydrogen-bond acceptors (Lipinski definition) is 2. The van der Waals surface area contributed by atoms with Gasteiger partial charge in [-0.3, -0.25) is 9.59 Å². The van der Waals surface area contributed by atoms with Gasteiger partial charge in [0, 0.05) is 26.2 Å². The third-order valence-corrected chi connectivity index (χ3v) is 8.00. The highest BCUT2D eigenvalue weighted by atomic mass is 35.5. The zero-order chi connectivity index (χ0) is 19.3. The van der Waals surface area contributed by atoms with Crippen molar-refractivity contribution in [3.05, 3.63) is 34.9 Å². The number of benzene rings is 1. The molecule has 6 rings (SSSR count). The molecule has 0 atom stereocenters. The maximum Gasteiger partial charge on any atom is 0.255 e. The molecule has 5 aliphatic rings. The first-order valence-corrected chi connectivity index (χ1v) is 11.2. The largest absolute Gasteiger partial charge is 0.340 e. The average molecular weight is 401 g/mol. The number of carbonyl (C=O) groups excluding carboxylic acids is 2. The Bertz CT molecular complexity index is 757.